The Bertz CT molecular complexity index is 1150. The molecule has 27 heavy (non-hydrogen) atoms. The van der Waals surface area contributed by atoms with E-state index in [0.29, 0.717) is 5.71 Å². The molecule has 1 aromatic carbocycles. The molecule has 3 aromatic heterocycles. The quantitative estimate of drug-likeness (QED) is 0.547. The van der Waals surface area contributed by atoms with E-state index in [0.717, 1.165) is 57.8 Å². The van der Waals surface area contributed by atoms with Crippen LogP contribution in [0.15, 0.2) is 22.6 Å². The molecule has 0 amide bonds. The average molecular weight is 365 g/mol. The molecule has 4 aromatic rings. The van der Waals surface area contributed by atoms with E-state index in [2.05, 4.69) is 30.0 Å². The molecular formula is C20H23N5O2. The number of oxazole rings is 1. The van der Waals surface area contributed by atoms with E-state index in [1.165, 1.54) is 0 Å². The molecule has 0 fully saturated rings. The van der Waals surface area contributed by atoms with Crippen LogP contribution in [0.5, 0.6) is 5.75 Å². The van der Waals surface area contributed by atoms with Crippen LogP contribution in [0.4, 0.5) is 0 Å². The number of aromatic nitrogens is 5. The number of benzene rings is 1. The third-order valence-electron chi connectivity index (χ3n) is 4.78. The normalized spacial score (nSPS) is 11.5. The van der Waals surface area contributed by atoms with Gasteiger partial charge in [0.2, 0.25) is 5.71 Å². The lowest BCUT2D eigenvalue weighted by Gasteiger charge is -2.08. The van der Waals surface area contributed by atoms with Gasteiger partial charge < -0.3 is 9.15 Å². The number of methoxy groups -OCH3 is 1. The first kappa shape index (κ1) is 17.3. The Balaban J connectivity index is 2.00. The van der Waals surface area contributed by atoms with Crippen LogP contribution in [-0.2, 0) is 6.42 Å². The lowest BCUT2D eigenvalue weighted by Crippen LogP contribution is -2.00. The minimum absolute atomic E-state index is 0.683. The standard InChI is InChI=1S/C20H23N5O2/c1-7-17-19(16-9-8-15(26-6)10-11(16)2)25-20(27-17)18(12(3)22-25)24-14(5)21-13(4)23-24/h8-10H,7H2,1-6H3. The summed E-state index contributed by atoms with van der Waals surface area (Å²) in [6.07, 6.45) is 0.762. The molecule has 0 radical (unpaired) electrons. The number of nitrogens with zero attached hydrogens (tertiary/aromatic N) is 5. The molecule has 0 saturated heterocycles. The second kappa shape index (κ2) is 6.26. The van der Waals surface area contributed by atoms with E-state index in [1.807, 2.05) is 37.4 Å². The third-order valence-corrected chi connectivity index (χ3v) is 4.78. The van der Waals surface area contributed by atoms with E-state index >= 15 is 0 Å². The smallest absolute Gasteiger partial charge is 0.249 e. The van der Waals surface area contributed by atoms with Crippen LogP contribution in [0, 0.1) is 27.7 Å². The van der Waals surface area contributed by atoms with Crippen LogP contribution < -0.4 is 4.74 Å². The number of hydrogen-bond acceptors (Lipinski definition) is 5. The maximum Gasteiger partial charge on any atom is 0.249 e. The van der Waals surface area contributed by atoms with Crippen molar-refractivity contribution in [3.8, 4) is 22.7 Å². The maximum atomic E-state index is 6.27. The Morgan fingerprint density at radius 1 is 1.11 bits per heavy atom. The third kappa shape index (κ3) is 2.61. The number of ether oxygens (including phenoxy) is 1. The second-order valence-corrected chi connectivity index (χ2v) is 6.68. The van der Waals surface area contributed by atoms with Gasteiger partial charge in [0.25, 0.3) is 0 Å². The fourth-order valence-electron chi connectivity index (χ4n) is 3.53. The summed E-state index contributed by atoms with van der Waals surface area (Å²) < 4.78 is 15.3. The largest absolute Gasteiger partial charge is 0.497 e. The van der Waals surface area contributed by atoms with Crippen LogP contribution in [-0.4, -0.2) is 31.5 Å². The summed E-state index contributed by atoms with van der Waals surface area (Å²) in [6, 6.07) is 6.04. The van der Waals surface area contributed by atoms with Gasteiger partial charge in [-0.25, -0.2) is 9.67 Å². The molecule has 0 aliphatic carbocycles. The maximum absolute atomic E-state index is 6.27. The molecule has 0 unspecified atom stereocenters. The summed E-state index contributed by atoms with van der Waals surface area (Å²) in [4.78, 5) is 4.41. The highest BCUT2D eigenvalue weighted by molar-refractivity contribution is 5.73. The van der Waals surface area contributed by atoms with E-state index in [4.69, 9.17) is 14.3 Å². The SMILES string of the molecule is CCc1oc2c(-n3nc(C)nc3C)c(C)nn2c1-c1ccc(OC)cc1C. The number of fused-ring (bicyclic) bond motifs is 1. The fourth-order valence-corrected chi connectivity index (χ4v) is 3.53. The Morgan fingerprint density at radius 3 is 2.48 bits per heavy atom. The highest BCUT2D eigenvalue weighted by Crippen LogP contribution is 2.35. The fraction of sp³-hybridized carbons (Fsp3) is 0.350. The number of hydrogen-bond donors (Lipinski definition) is 0. The molecule has 140 valence electrons. The lowest BCUT2D eigenvalue weighted by molar-refractivity contribution is 0.414. The summed E-state index contributed by atoms with van der Waals surface area (Å²) in [5.74, 6) is 3.25. The topological polar surface area (TPSA) is 70.4 Å². The van der Waals surface area contributed by atoms with Crippen molar-refractivity contribution in [1.82, 2.24) is 24.4 Å². The van der Waals surface area contributed by atoms with Crippen molar-refractivity contribution >= 4 is 5.71 Å². The van der Waals surface area contributed by atoms with Gasteiger partial charge in [-0.2, -0.15) is 14.7 Å². The van der Waals surface area contributed by atoms with Crippen LogP contribution in [0.25, 0.3) is 22.7 Å². The summed E-state index contributed by atoms with van der Waals surface area (Å²) in [7, 11) is 1.67. The number of aryl methyl sites for hydroxylation is 5. The van der Waals surface area contributed by atoms with Gasteiger partial charge in [-0.1, -0.05) is 6.92 Å². The molecule has 4 rings (SSSR count). The van der Waals surface area contributed by atoms with E-state index in [9.17, 15) is 0 Å². The molecule has 7 nitrogen and oxygen atoms in total. The zero-order valence-corrected chi connectivity index (χ0v) is 16.5. The first-order valence-corrected chi connectivity index (χ1v) is 9.01. The molecule has 0 N–H and O–H groups in total. The van der Waals surface area contributed by atoms with Crippen LogP contribution in [0.1, 0.15) is 35.6 Å². The van der Waals surface area contributed by atoms with Crippen LogP contribution in [0.3, 0.4) is 0 Å². The van der Waals surface area contributed by atoms with Crippen molar-refractivity contribution in [2.75, 3.05) is 7.11 Å². The first-order chi connectivity index (χ1) is 12.9. The summed E-state index contributed by atoms with van der Waals surface area (Å²) in [5.41, 5.74) is 5.51. The Labute approximate surface area is 157 Å². The van der Waals surface area contributed by atoms with Gasteiger partial charge in [-0.15, -0.1) is 0 Å². The van der Waals surface area contributed by atoms with Crippen molar-refractivity contribution in [3.63, 3.8) is 0 Å². The predicted octanol–water partition coefficient (Wildman–Crippen LogP) is 3.98. The van der Waals surface area contributed by atoms with Gasteiger partial charge in [-0.3, -0.25) is 0 Å². The van der Waals surface area contributed by atoms with Crippen molar-refractivity contribution in [2.45, 2.75) is 41.0 Å². The molecule has 0 aliphatic heterocycles. The molecule has 0 saturated carbocycles. The van der Waals surface area contributed by atoms with E-state index in [-0.39, 0.29) is 0 Å². The van der Waals surface area contributed by atoms with Crippen molar-refractivity contribution in [1.29, 1.82) is 0 Å². The molecule has 3 heterocycles. The highest BCUT2D eigenvalue weighted by atomic mass is 16.5. The monoisotopic (exact) mass is 365 g/mol. The summed E-state index contributed by atoms with van der Waals surface area (Å²) >= 11 is 0. The molecule has 0 aliphatic rings. The summed E-state index contributed by atoms with van der Waals surface area (Å²) in [6.45, 7) is 9.92. The second-order valence-electron chi connectivity index (χ2n) is 6.68. The molecule has 0 atom stereocenters. The van der Waals surface area contributed by atoms with Gasteiger partial charge in [0, 0.05) is 12.0 Å². The van der Waals surface area contributed by atoms with E-state index < -0.39 is 0 Å². The van der Waals surface area contributed by atoms with Crippen LogP contribution >= 0.6 is 0 Å². The first-order valence-electron chi connectivity index (χ1n) is 9.01. The Kier molecular flexibility index (Phi) is 4.02. The van der Waals surface area contributed by atoms with Gasteiger partial charge in [0.1, 0.15) is 28.9 Å². The van der Waals surface area contributed by atoms with Crippen molar-refractivity contribution in [2.24, 2.45) is 0 Å². The van der Waals surface area contributed by atoms with Gasteiger partial charge in [0.15, 0.2) is 5.69 Å². The summed E-state index contributed by atoms with van der Waals surface area (Å²) in [5, 5.41) is 9.29. The zero-order valence-electron chi connectivity index (χ0n) is 16.5. The van der Waals surface area contributed by atoms with Crippen molar-refractivity contribution < 1.29 is 9.15 Å². The van der Waals surface area contributed by atoms with Gasteiger partial charge in [-0.05, 0) is 51.5 Å². The minimum atomic E-state index is 0.683. The highest BCUT2D eigenvalue weighted by Gasteiger charge is 2.25. The van der Waals surface area contributed by atoms with Gasteiger partial charge >= 0.3 is 0 Å². The Morgan fingerprint density at radius 2 is 1.89 bits per heavy atom. The molecule has 0 spiro atoms. The zero-order chi connectivity index (χ0) is 19.3. The minimum Gasteiger partial charge on any atom is -0.497 e. The lowest BCUT2D eigenvalue weighted by atomic mass is 10.0. The average Bonchev–Trinajstić information content (AvgIpc) is 3.25. The molecular weight excluding hydrogens is 342 g/mol. The molecule has 7 heteroatoms. The van der Waals surface area contributed by atoms with Crippen molar-refractivity contribution in [3.05, 3.63) is 46.9 Å². The predicted molar refractivity (Wildman–Crippen MR) is 103 cm³/mol. The van der Waals surface area contributed by atoms with Gasteiger partial charge in [0.05, 0.1) is 12.8 Å². The van der Waals surface area contributed by atoms with Crippen LogP contribution in [0.2, 0.25) is 0 Å². The van der Waals surface area contributed by atoms with E-state index in [1.54, 1.807) is 11.8 Å². The molecule has 0 bridgehead atoms. The Hall–Kier alpha value is -3.09. The number of rotatable bonds is 4.